The third kappa shape index (κ3) is 4.62. The van der Waals surface area contributed by atoms with Gasteiger partial charge < -0.3 is 15.5 Å². The quantitative estimate of drug-likeness (QED) is 0.583. The summed E-state index contributed by atoms with van der Waals surface area (Å²) in [7, 11) is 0. The van der Waals surface area contributed by atoms with Gasteiger partial charge in [0.05, 0.1) is 17.9 Å². The van der Waals surface area contributed by atoms with Gasteiger partial charge in [0.15, 0.2) is 6.29 Å². The van der Waals surface area contributed by atoms with Crippen LogP contribution in [-0.2, 0) is 0 Å². The van der Waals surface area contributed by atoms with Crippen molar-refractivity contribution in [1.29, 1.82) is 0 Å². The van der Waals surface area contributed by atoms with Crippen molar-refractivity contribution >= 4 is 28.7 Å². The van der Waals surface area contributed by atoms with Gasteiger partial charge in [-0.3, -0.25) is 0 Å². The summed E-state index contributed by atoms with van der Waals surface area (Å²) in [6.45, 7) is 0.0750. The van der Waals surface area contributed by atoms with Gasteiger partial charge in [-0.25, -0.2) is 0 Å². The lowest BCUT2D eigenvalue weighted by molar-refractivity contribution is -0.0275. The standard InChI is InChI=1S/C14H14ClN3O2/c15-10-1-3-12(4-2-10)17-18-13-7-5-11(6-8-13)16-9-14(19)20/h1-8,14,16,19-20H,9H2. The van der Waals surface area contributed by atoms with E-state index in [4.69, 9.17) is 21.8 Å². The summed E-state index contributed by atoms with van der Waals surface area (Å²) in [6.07, 6.45) is -1.38. The second-order valence-electron chi connectivity index (χ2n) is 4.08. The molecule has 2 aromatic rings. The van der Waals surface area contributed by atoms with Crippen LogP contribution in [-0.4, -0.2) is 23.0 Å². The molecular formula is C14H14ClN3O2. The van der Waals surface area contributed by atoms with Crippen LogP contribution in [0.5, 0.6) is 0 Å². The molecule has 0 fully saturated rings. The zero-order valence-corrected chi connectivity index (χ0v) is 11.3. The molecule has 104 valence electrons. The average Bonchev–Trinajstić information content (AvgIpc) is 2.45. The zero-order valence-electron chi connectivity index (χ0n) is 10.6. The molecule has 0 amide bonds. The van der Waals surface area contributed by atoms with Crippen molar-refractivity contribution < 1.29 is 10.2 Å². The Morgan fingerprint density at radius 1 is 0.900 bits per heavy atom. The largest absolute Gasteiger partial charge is 0.380 e. The van der Waals surface area contributed by atoms with Crippen molar-refractivity contribution in [3.05, 3.63) is 53.6 Å². The number of aliphatic hydroxyl groups is 2. The minimum absolute atomic E-state index is 0.0750. The van der Waals surface area contributed by atoms with Crippen molar-refractivity contribution in [3.8, 4) is 0 Å². The number of anilines is 1. The van der Waals surface area contributed by atoms with Crippen molar-refractivity contribution in [2.75, 3.05) is 11.9 Å². The van der Waals surface area contributed by atoms with Gasteiger partial charge in [-0.05, 0) is 48.5 Å². The van der Waals surface area contributed by atoms with Gasteiger partial charge in [0, 0.05) is 10.7 Å². The maximum absolute atomic E-state index is 8.75. The molecule has 0 heterocycles. The lowest BCUT2D eigenvalue weighted by Crippen LogP contribution is -2.17. The highest BCUT2D eigenvalue weighted by Crippen LogP contribution is 2.21. The molecule has 0 bridgehead atoms. The molecule has 0 aliphatic rings. The normalized spacial score (nSPS) is 11.2. The van der Waals surface area contributed by atoms with E-state index in [-0.39, 0.29) is 6.54 Å². The number of aliphatic hydroxyl groups excluding tert-OH is 1. The number of hydrogen-bond donors (Lipinski definition) is 3. The molecule has 3 N–H and O–H groups in total. The molecule has 0 unspecified atom stereocenters. The van der Waals surface area contributed by atoms with Crippen molar-refractivity contribution in [2.24, 2.45) is 10.2 Å². The molecule has 0 saturated carbocycles. The summed E-state index contributed by atoms with van der Waals surface area (Å²) in [4.78, 5) is 0. The third-order valence-corrected chi connectivity index (χ3v) is 2.72. The van der Waals surface area contributed by atoms with E-state index < -0.39 is 6.29 Å². The number of hydrogen-bond acceptors (Lipinski definition) is 5. The topological polar surface area (TPSA) is 77.2 Å². The maximum Gasteiger partial charge on any atom is 0.169 e. The molecule has 6 heteroatoms. The number of nitrogens with zero attached hydrogens (tertiary/aromatic N) is 2. The predicted octanol–water partition coefficient (Wildman–Crippen LogP) is 3.48. The molecule has 0 radical (unpaired) electrons. The molecule has 0 aliphatic carbocycles. The number of benzene rings is 2. The molecule has 0 aromatic heterocycles. The minimum atomic E-state index is -1.38. The fourth-order valence-electron chi connectivity index (χ4n) is 1.48. The van der Waals surface area contributed by atoms with Crippen LogP contribution < -0.4 is 5.32 Å². The first-order chi connectivity index (χ1) is 9.63. The Morgan fingerprint density at radius 3 is 1.90 bits per heavy atom. The molecule has 5 nitrogen and oxygen atoms in total. The van der Waals surface area contributed by atoms with Gasteiger partial charge in [-0.15, -0.1) is 0 Å². The number of halogens is 1. The van der Waals surface area contributed by atoms with Gasteiger partial charge in [-0.1, -0.05) is 11.6 Å². The van der Waals surface area contributed by atoms with Crippen molar-refractivity contribution in [3.63, 3.8) is 0 Å². The van der Waals surface area contributed by atoms with Gasteiger partial charge >= 0.3 is 0 Å². The highest BCUT2D eigenvalue weighted by molar-refractivity contribution is 6.30. The fraction of sp³-hybridized carbons (Fsp3) is 0.143. The molecule has 2 rings (SSSR count). The highest BCUT2D eigenvalue weighted by Gasteiger charge is 1.97. The lowest BCUT2D eigenvalue weighted by Gasteiger charge is -2.07. The zero-order chi connectivity index (χ0) is 14.4. The van der Waals surface area contributed by atoms with Crippen LogP contribution in [0.15, 0.2) is 58.8 Å². The summed E-state index contributed by atoms with van der Waals surface area (Å²) in [5, 5.41) is 29.2. The first kappa shape index (κ1) is 14.5. The van der Waals surface area contributed by atoms with E-state index in [1.54, 1.807) is 48.5 Å². The van der Waals surface area contributed by atoms with Gasteiger partial charge in [0.2, 0.25) is 0 Å². The van der Waals surface area contributed by atoms with Crippen molar-refractivity contribution in [1.82, 2.24) is 0 Å². The molecule has 0 saturated heterocycles. The van der Waals surface area contributed by atoms with Crippen LogP contribution in [0.4, 0.5) is 17.1 Å². The van der Waals surface area contributed by atoms with E-state index in [0.717, 1.165) is 11.4 Å². The number of azo groups is 1. The summed E-state index contributed by atoms with van der Waals surface area (Å²) < 4.78 is 0. The Hall–Kier alpha value is -1.95. The second-order valence-corrected chi connectivity index (χ2v) is 4.52. The Labute approximate surface area is 121 Å². The second kappa shape index (κ2) is 7.00. The maximum atomic E-state index is 8.75. The summed E-state index contributed by atoms with van der Waals surface area (Å²) >= 11 is 5.78. The predicted molar refractivity (Wildman–Crippen MR) is 78.8 cm³/mol. The first-order valence-electron chi connectivity index (χ1n) is 6.01. The summed E-state index contributed by atoms with van der Waals surface area (Å²) in [5.41, 5.74) is 2.21. The summed E-state index contributed by atoms with van der Waals surface area (Å²) in [5.74, 6) is 0. The molecular weight excluding hydrogens is 278 g/mol. The Balaban J connectivity index is 1.98. The SMILES string of the molecule is OC(O)CNc1ccc(N=Nc2ccc(Cl)cc2)cc1. The van der Waals surface area contributed by atoms with Gasteiger partial charge in [0.25, 0.3) is 0 Å². The van der Waals surface area contributed by atoms with E-state index in [1.807, 2.05) is 0 Å². The Morgan fingerprint density at radius 2 is 1.40 bits per heavy atom. The molecule has 2 aromatic carbocycles. The minimum Gasteiger partial charge on any atom is -0.380 e. The van der Waals surface area contributed by atoms with Gasteiger partial charge in [-0.2, -0.15) is 10.2 Å². The first-order valence-corrected chi connectivity index (χ1v) is 6.39. The Kier molecular flexibility index (Phi) is 5.06. The van der Waals surface area contributed by atoms with Crippen LogP contribution in [0.25, 0.3) is 0 Å². The summed E-state index contributed by atoms with van der Waals surface area (Å²) in [6, 6.07) is 14.2. The van der Waals surface area contributed by atoms with Gasteiger partial charge in [0.1, 0.15) is 0 Å². The molecule has 20 heavy (non-hydrogen) atoms. The van der Waals surface area contributed by atoms with Crippen molar-refractivity contribution in [2.45, 2.75) is 6.29 Å². The van der Waals surface area contributed by atoms with E-state index in [1.165, 1.54) is 0 Å². The third-order valence-electron chi connectivity index (χ3n) is 2.46. The fourth-order valence-corrected chi connectivity index (χ4v) is 1.60. The number of rotatable bonds is 5. The van der Waals surface area contributed by atoms with Crippen LogP contribution >= 0.6 is 11.6 Å². The molecule has 0 spiro atoms. The van der Waals surface area contributed by atoms with E-state index in [2.05, 4.69) is 15.5 Å². The van der Waals surface area contributed by atoms with Crippen LogP contribution in [0.3, 0.4) is 0 Å². The average molecular weight is 292 g/mol. The Bertz CT molecular complexity index is 568. The van der Waals surface area contributed by atoms with E-state index >= 15 is 0 Å². The molecule has 0 aliphatic heterocycles. The lowest BCUT2D eigenvalue weighted by atomic mass is 10.3. The van der Waals surface area contributed by atoms with Crippen LogP contribution in [0, 0.1) is 0 Å². The smallest absolute Gasteiger partial charge is 0.169 e. The van der Waals surface area contributed by atoms with E-state index in [0.29, 0.717) is 10.7 Å². The monoisotopic (exact) mass is 291 g/mol. The molecule has 0 atom stereocenters. The number of nitrogens with one attached hydrogen (secondary N) is 1. The highest BCUT2D eigenvalue weighted by atomic mass is 35.5. The van der Waals surface area contributed by atoms with Crippen LogP contribution in [0.2, 0.25) is 5.02 Å². The van der Waals surface area contributed by atoms with E-state index in [9.17, 15) is 0 Å². The van der Waals surface area contributed by atoms with Crippen LogP contribution in [0.1, 0.15) is 0 Å².